The van der Waals surface area contributed by atoms with Crippen molar-refractivity contribution in [3.05, 3.63) is 23.8 Å². The van der Waals surface area contributed by atoms with E-state index in [2.05, 4.69) is 5.32 Å². The lowest BCUT2D eigenvalue weighted by atomic mass is 9.78. The number of carbonyl (C=O) groups excluding carboxylic acids is 1. The van der Waals surface area contributed by atoms with Gasteiger partial charge in [-0.25, -0.2) is 13.6 Å². The lowest BCUT2D eigenvalue weighted by Crippen LogP contribution is -2.50. The van der Waals surface area contributed by atoms with Crippen molar-refractivity contribution in [2.24, 2.45) is 5.14 Å². The molecule has 1 aromatic rings. The van der Waals surface area contributed by atoms with Gasteiger partial charge in [0.05, 0.1) is 5.69 Å². The first-order valence-electron chi connectivity index (χ1n) is 6.79. The van der Waals surface area contributed by atoms with Gasteiger partial charge in [0.1, 0.15) is 4.90 Å². The SMILES string of the molecule is CN(C)c1ccc(C(=O)NC2(C)CCC2)cc1S(N)(=O)=O. The van der Waals surface area contributed by atoms with Gasteiger partial charge in [0.2, 0.25) is 10.0 Å². The minimum atomic E-state index is -3.89. The van der Waals surface area contributed by atoms with Crippen LogP contribution >= 0.6 is 0 Å². The molecule has 116 valence electrons. The van der Waals surface area contributed by atoms with Gasteiger partial charge in [0, 0.05) is 25.2 Å². The Morgan fingerprint density at radius 1 is 1.33 bits per heavy atom. The van der Waals surface area contributed by atoms with E-state index in [1.54, 1.807) is 31.1 Å². The third kappa shape index (κ3) is 3.36. The quantitative estimate of drug-likeness (QED) is 0.870. The minimum Gasteiger partial charge on any atom is -0.377 e. The summed E-state index contributed by atoms with van der Waals surface area (Å²) in [6, 6.07) is 4.54. The average Bonchev–Trinajstić information content (AvgIpc) is 2.35. The Bertz CT molecular complexity index is 664. The molecule has 1 saturated carbocycles. The number of amides is 1. The zero-order valence-electron chi connectivity index (χ0n) is 12.5. The lowest BCUT2D eigenvalue weighted by molar-refractivity contribution is 0.0850. The smallest absolute Gasteiger partial charge is 0.251 e. The van der Waals surface area contributed by atoms with Gasteiger partial charge in [-0.05, 0) is 44.4 Å². The van der Waals surface area contributed by atoms with Crippen LogP contribution in [0, 0.1) is 0 Å². The molecule has 0 unspecified atom stereocenters. The number of carbonyl (C=O) groups is 1. The number of primary sulfonamides is 1. The van der Waals surface area contributed by atoms with Crippen molar-refractivity contribution in [1.82, 2.24) is 5.32 Å². The molecule has 1 fully saturated rings. The zero-order chi connectivity index (χ0) is 15.8. The number of nitrogens with zero attached hydrogens (tertiary/aromatic N) is 1. The molecule has 0 aliphatic heterocycles. The Morgan fingerprint density at radius 2 is 1.95 bits per heavy atom. The Balaban J connectivity index is 2.35. The molecule has 0 aromatic heterocycles. The monoisotopic (exact) mass is 311 g/mol. The second kappa shape index (κ2) is 5.31. The van der Waals surface area contributed by atoms with E-state index in [-0.39, 0.29) is 16.3 Å². The van der Waals surface area contributed by atoms with Crippen molar-refractivity contribution in [3.63, 3.8) is 0 Å². The van der Waals surface area contributed by atoms with Crippen LogP contribution in [0.5, 0.6) is 0 Å². The van der Waals surface area contributed by atoms with Crippen molar-refractivity contribution in [3.8, 4) is 0 Å². The number of nitrogens with two attached hydrogens (primary N) is 1. The van der Waals surface area contributed by atoms with Gasteiger partial charge in [-0.3, -0.25) is 4.79 Å². The summed E-state index contributed by atoms with van der Waals surface area (Å²) in [5.74, 6) is -0.271. The minimum absolute atomic E-state index is 0.0427. The highest BCUT2D eigenvalue weighted by atomic mass is 32.2. The summed E-state index contributed by atoms with van der Waals surface area (Å²) >= 11 is 0. The van der Waals surface area contributed by atoms with Crippen LogP contribution < -0.4 is 15.4 Å². The molecule has 3 N–H and O–H groups in total. The standard InChI is InChI=1S/C14H21N3O3S/c1-14(7-4-8-14)16-13(18)10-5-6-11(17(2)3)12(9-10)21(15,19)20/h5-6,9H,4,7-8H2,1-3H3,(H,16,18)(H2,15,19,20). The number of sulfonamides is 1. The molecular formula is C14H21N3O3S. The normalized spacial score (nSPS) is 17.0. The first kappa shape index (κ1) is 15.8. The van der Waals surface area contributed by atoms with E-state index in [0.29, 0.717) is 11.3 Å². The molecule has 7 heteroatoms. The fraction of sp³-hybridized carbons (Fsp3) is 0.500. The molecule has 0 spiro atoms. The van der Waals surface area contributed by atoms with E-state index in [1.807, 2.05) is 6.92 Å². The molecule has 2 rings (SSSR count). The molecular weight excluding hydrogens is 290 g/mol. The number of anilines is 1. The maximum absolute atomic E-state index is 12.3. The predicted octanol–water partition coefficient (Wildman–Crippen LogP) is 1.07. The van der Waals surface area contributed by atoms with Crippen molar-refractivity contribution >= 4 is 21.6 Å². The molecule has 0 saturated heterocycles. The summed E-state index contributed by atoms with van der Waals surface area (Å²) in [7, 11) is -0.449. The summed E-state index contributed by atoms with van der Waals surface area (Å²) in [4.78, 5) is 13.9. The second-order valence-electron chi connectivity index (χ2n) is 5.99. The van der Waals surface area contributed by atoms with Crippen LogP contribution in [-0.2, 0) is 10.0 Å². The van der Waals surface area contributed by atoms with Crippen LogP contribution in [0.2, 0.25) is 0 Å². The first-order chi connectivity index (χ1) is 9.62. The molecule has 0 bridgehead atoms. The van der Waals surface area contributed by atoms with E-state index >= 15 is 0 Å². The maximum Gasteiger partial charge on any atom is 0.251 e. The highest BCUT2D eigenvalue weighted by Gasteiger charge is 2.33. The van der Waals surface area contributed by atoms with Crippen LogP contribution in [0.3, 0.4) is 0 Å². The van der Waals surface area contributed by atoms with Crippen LogP contribution in [0.4, 0.5) is 5.69 Å². The summed E-state index contributed by atoms with van der Waals surface area (Å²) in [6.07, 6.45) is 2.98. The molecule has 21 heavy (non-hydrogen) atoms. The summed E-state index contributed by atoms with van der Waals surface area (Å²) in [5.41, 5.74) is 0.584. The van der Waals surface area contributed by atoms with Gasteiger partial charge in [0.25, 0.3) is 5.91 Å². The predicted molar refractivity (Wildman–Crippen MR) is 81.9 cm³/mol. The van der Waals surface area contributed by atoms with Crippen molar-refractivity contribution in [2.45, 2.75) is 36.6 Å². The zero-order valence-corrected chi connectivity index (χ0v) is 13.3. The second-order valence-corrected chi connectivity index (χ2v) is 7.52. The number of rotatable bonds is 4. The molecule has 0 heterocycles. The molecule has 0 atom stereocenters. The molecule has 1 aliphatic carbocycles. The lowest BCUT2D eigenvalue weighted by Gasteiger charge is -2.39. The maximum atomic E-state index is 12.3. The molecule has 1 aliphatic rings. The van der Waals surface area contributed by atoms with E-state index in [9.17, 15) is 13.2 Å². The third-order valence-corrected chi connectivity index (χ3v) is 4.82. The summed E-state index contributed by atoms with van der Waals surface area (Å²) in [5, 5.41) is 8.19. The summed E-state index contributed by atoms with van der Waals surface area (Å²) in [6.45, 7) is 1.99. The fourth-order valence-corrected chi connectivity index (χ4v) is 3.26. The van der Waals surface area contributed by atoms with Gasteiger partial charge in [-0.15, -0.1) is 0 Å². The van der Waals surface area contributed by atoms with Crippen molar-refractivity contribution in [2.75, 3.05) is 19.0 Å². The number of hydrogen-bond acceptors (Lipinski definition) is 4. The van der Waals surface area contributed by atoms with Crippen LogP contribution in [0.25, 0.3) is 0 Å². The third-order valence-electron chi connectivity index (χ3n) is 3.88. The van der Waals surface area contributed by atoms with E-state index in [1.165, 1.54) is 6.07 Å². The van der Waals surface area contributed by atoms with Crippen molar-refractivity contribution in [1.29, 1.82) is 0 Å². The molecule has 1 amide bonds. The number of benzene rings is 1. The number of nitrogens with one attached hydrogen (secondary N) is 1. The van der Waals surface area contributed by atoms with Gasteiger partial charge < -0.3 is 10.2 Å². The molecule has 0 radical (unpaired) electrons. The van der Waals surface area contributed by atoms with Gasteiger partial charge >= 0.3 is 0 Å². The van der Waals surface area contributed by atoms with Gasteiger partial charge in [-0.1, -0.05) is 0 Å². The topological polar surface area (TPSA) is 92.5 Å². The van der Waals surface area contributed by atoms with Crippen molar-refractivity contribution < 1.29 is 13.2 Å². The van der Waals surface area contributed by atoms with E-state index in [0.717, 1.165) is 19.3 Å². The summed E-state index contributed by atoms with van der Waals surface area (Å²) < 4.78 is 23.4. The average molecular weight is 311 g/mol. The Kier molecular flexibility index (Phi) is 3.99. The van der Waals surface area contributed by atoms with E-state index in [4.69, 9.17) is 5.14 Å². The molecule has 1 aromatic carbocycles. The van der Waals surface area contributed by atoms with Crippen LogP contribution in [0.1, 0.15) is 36.5 Å². The number of hydrogen-bond donors (Lipinski definition) is 2. The van der Waals surface area contributed by atoms with Crippen LogP contribution in [-0.4, -0.2) is 34.0 Å². The highest BCUT2D eigenvalue weighted by Crippen LogP contribution is 2.31. The van der Waals surface area contributed by atoms with Gasteiger partial charge in [-0.2, -0.15) is 0 Å². The Labute approximate surface area is 125 Å². The Hall–Kier alpha value is -1.60. The largest absolute Gasteiger partial charge is 0.377 e. The Morgan fingerprint density at radius 3 is 2.38 bits per heavy atom. The first-order valence-corrected chi connectivity index (χ1v) is 8.34. The van der Waals surface area contributed by atoms with Crippen LogP contribution in [0.15, 0.2) is 23.1 Å². The molecule has 6 nitrogen and oxygen atoms in total. The highest BCUT2D eigenvalue weighted by molar-refractivity contribution is 7.89. The fourth-order valence-electron chi connectivity index (χ4n) is 2.43. The van der Waals surface area contributed by atoms with Gasteiger partial charge in [0.15, 0.2) is 0 Å². The van der Waals surface area contributed by atoms with E-state index < -0.39 is 10.0 Å².